The third kappa shape index (κ3) is 3.95. The maximum absolute atomic E-state index is 12.1. The van der Waals surface area contributed by atoms with Crippen molar-refractivity contribution in [3.05, 3.63) is 29.8 Å². The van der Waals surface area contributed by atoms with Crippen molar-refractivity contribution in [1.82, 2.24) is 0 Å². The van der Waals surface area contributed by atoms with E-state index in [1.807, 2.05) is 0 Å². The molecule has 0 aliphatic heterocycles. The van der Waals surface area contributed by atoms with Gasteiger partial charge in [0.15, 0.2) is 0 Å². The second-order valence-corrected chi connectivity index (χ2v) is 2.36. The van der Waals surface area contributed by atoms with Crippen LogP contribution in [-0.4, -0.2) is 13.3 Å². The van der Waals surface area contributed by atoms with Gasteiger partial charge < -0.3 is 12.9 Å². The van der Waals surface area contributed by atoms with Crippen LogP contribution in [0, 0.1) is 0 Å². The smallest absolute Gasteiger partial charge is 0.445 e. The van der Waals surface area contributed by atoms with Crippen molar-refractivity contribution in [2.75, 3.05) is 0 Å². The summed E-state index contributed by atoms with van der Waals surface area (Å²) in [7, 11) is 0. The maximum atomic E-state index is 12.1. The predicted molar refractivity (Wildman–Crippen MR) is 40.5 cm³/mol. The van der Waals surface area contributed by atoms with Gasteiger partial charge in [-0.25, -0.2) is 0 Å². The molecule has 1 aromatic rings. The van der Waals surface area contributed by atoms with Crippen LogP contribution in [-0.2, 0) is 0 Å². The Morgan fingerprint density at radius 2 is 1.85 bits per heavy atom. The van der Waals surface area contributed by atoms with Crippen LogP contribution in [0.15, 0.2) is 24.3 Å². The van der Waals surface area contributed by atoms with Crippen LogP contribution in [0.4, 0.5) is 12.9 Å². The van der Waals surface area contributed by atoms with Crippen LogP contribution in [0.25, 0.3) is 0 Å². The Hall–Kier alpha value is 0.381. The molecule has 0 saturated carbocycles. The van der Waals surface area contributed by atoms with Gasteiger partial charge in [0.1, 0.15) is 6.29 Å². The van der Waals surface area contributed by atoms with Gasteiger partial charge in [-0.1, -0.05) is 24.3 Å². The van der Waals surface area contributed by atoms with Gasteiger partial charge in [0.25, 0.3) is 0 Å². The largest absolute Gasteiger partial charge is 1.00 e. The van der Waals surface area contributed by atoms with Gasteiger partial charge in [-0.15, -0.1) is 5.46 Å². The Kier molecular flexibility index (Phi) is 5.46. The Morgan fingerprint density at radius 3 is 2.31 bits per heavy atom. The summed E-state index contributed by atoms with van der Waals surface area (Å²) in [5, 5.41) is 0. The molecule has 0 saturated heterocycles. The van der Waals surface area contributed by atoms with Gasteiger partial charge in [0.2, 0.25) is 0 Å². The Balaban J connectivity index is 0.00000144. The number of hydrogen-bond acceptors (Lipinski definition) is 1. The van der Waals surface area contributed by atoms with E-state index in [0.717, 1.165) is 12.1 Å². The topological polar surface area (TPSA) is 17.1 Å². The molecule has 0 fully saturated rings. The van der Waals surface area contributed by atoms with Crippen LogP contribution in [0.3, 0.4) is 0 Å². The number of benzene rings is 1. The first kappa shape index (κ1) is 13.4. The molecule has 64 valence electrons. The third-order valence-electron chi connectivity index (χ3n) is 1.42. The normalized spacial score (nSPS) is 10.4. The van der Waals surface area contributed by atoms with E-state index in [2.05, 4.69) is 0 Å². The minimum atomic E-state index is -4.99. The van der Waals surface area contributed by atoms with Gasteiger partial charge in [-0.3, -0.25) is 4.79 Å². The van der Waals surface area contributed by atoms with E-state index in [-0.39, 0.29) is 56.9 Å². The Morgan fingerprint density at radius 1 is 1.23 bits per heavy atom. The number of hydrogen-bond donors (Lipinski definition) is 0. The first-order valence-corrected chi connectivity index (χ1v) is 3.29. The molecule has 0 atom stereocenters. The Labute approximate surface area is 116 Å². The summed E-state index contributed by atoms with van der Waals surface area (Å²) in [6, 6.07) is 4.34. The molecule has 0 spiro atoms. The van der Waals surface area contributed by atoms with Crippen molar-refractivity contribution < 1.29 is 69.1 Å². The fraction of sp³-hybridized carbons (Fsp3) is 0. The summed E-state index contributed by atoms with van der Waals surface area (Å²) < 4.78 is 36.2. The average molecular weight is 212 g/mol. The molecule has 0 unspecified atom stereocenters. The molecule has 0 aliphatic carbocycles. The molecule has 0 aromatic heterocycles. The fourth-order valence-corrected chi connectivity index (χ4v) is 0.836. The van der Waals surface area contributed by atoms with Crippen molar-refractivity contribution in [1.29, 1.82) is 0 Å². The van der Waals surface area contributed by atoms with E-state index in [9.17, 15) is 17.7 Å². The second kappa shape index (κ2) is 5.31. The molecule has 13 heavy (non-hydrogen) atoms. The van der Waals surface area contributed by atoms with Gasteiger partial charge in [0.05, 0.1) is 0 Å². The molecule has 6 heteroatoms. The van der Waals surface area contributed by atoms with Gasteiger partial charge >= 0.3 is 58.4 Å². The first-order valence-electron chi connectivity index (χ1n) is 3.29. The van der Waals surface area contributed by atoms with Crippen molar-refractivity contribution in [2.24, 2.45) is 0 Å². The fourth-order valence-electron chi connectivity index (χ4n) is 0.836. The minimum Gasteiger partial charge on any atom is -0.445 e. The molecule has 0 amide bonds. The number of carbonyl (C=O) groups excluding carboxylic acids is 1. The summed E-state index contributed by atoms with van der Waals surface area (Å²) in [5.74, 6) is 0. The second-order valence-electron chi connectivity index (χ2n) is 2.36. The monoisotopic (exact) mass is 212 g/mol. The summed E-state index contributed by atoms with van der Waals surface area (Å²) in [5.41, 5.74) is -0.689. The molecular formula is C7H5BF3KO. The van der Waals surface area contributed by atoms with Crippen molar-refractivity contribution in [3.8, 4) is 0 Å². The number of halogens is 3. The van der Waals surface area contributed by atoms with E-state index in [1.54, 1.807) is 0 Å². The molecule has 0 aliphatic rings. The molecule has 0 bridgehead atoms. The molecule has 0 radical (unpaired) electrons. The van der Waals surface area contributed by atoms with Crippen LogP contribution in [0.2, 0.25) is 0 Å². The van der Waals surface area contributed by atoms with Gasteiger partial charge in [0, 0.05) is 5.56 Å². The summed E-state index contributed by atoms with van der Waals surface area (Å²) in [4.78, 5) is 10.1. The van der Waals surface area contributed by atoms with E-state index >= 15 is 0 Å². The molecule has 0 N–H and O–H groups in total. The standard InChI is InChI=1S/C7H5BF3O.K/c9-8(10,11)7-3-1-2-6(4-7)5-12;/h1-5H;/q-1;+1. The molecule has 1 aromatic carbocycles. The maximum Gasteiger partial charge on any atom is 1.00 e. The summed E-state index contributed by atoms with van der Waals surface area (Å²) in [6.07, 6.45) is 0.394. The van der Waals surface area contributed by atoms with Crippen LogP contribution >= 0.6 is 0 Å². The number of aldehydes is 1. The minimum absolute atomic E-state index is 0. The molecule has 0 heterocycles. The molecule has 1 rings (SSSR count). The number of rotatable bonds is 2. The average Bonchev–Trinajstić information content (AvgIpc) is 2.03. The number of carbonyl (C=O) groups is 1. The van der Waals surface area contributed by atoms with Crippen LogP contribution < -0.4 is 56.8 Å². The summed E-state index contributed by atoms with van der Waals surface area (Å²) >= 11 is 0. The van der Waals surface area contributed by atoms with Crippen molar-refractivity contribution in [2.45, 2.75) is 0 Å². The van der Waals surface area contributed by atoms with Crippen LogP contribution in [0.1, 0.15) is 10.4 Å². The van der Waals surface area contributed by atoms with Crippen molar-refractivity contribution in [3.63, 3.8) is 0 Å². The van der Waals surface area contributed by atoms with Gasteiger partial charge in [-0.05, 0) is 0 Å². The third-order valence-corrected chi connectivity index (χ3v) is 1.42. The zero-order chi connectivity index (χ0) is 9.19. The molecular weight excluding hydrogens is 207 g/mol. The van der Waals surface area contributed by atoms with E-state index in [1.165, 1.54) is 12.1 Å². The van der Waals surface area contributed by atoms with Gasteiger partial charge in [-0.2, -0.15) is 0 Å². The van der Waals surface area contributed by atoms with E-state index in [4.69, 9.17) is 0 Å². The Bertz CT molecular complexity index is 300. The van der Waals surface area contributed by atoms with Crippen molar-refractivity contribution >= 4 is 18.7 Å². The zero-order valence-corrected chi connectivity index (χ0v) is 10.1. The zero-order valence-electron chi connectivity index (χ0n) is 7.01. The van der Waals surface area contributed by atoms with E-state index < -0.39 is 12.4 Å². The molecule has 1 nitrogen and oxygen atoms in total. The predicted octanol–water partition coefficient (Wildman–Crippen LogP) is -1.44. The van der Waals surface area contributed by atoms with Crippen LogP contribution in [0.5, 0.6) is 0 Å². The quantitative estimate of drug-likeness (QED) is 0.433. The van der Waals surface area contributed by atoms with E-state index in [0.29, 0.717) is 6.29 Å². The first-order chi connectivity index (χ1) is 5.54. The SMILES string of the molecule is O=Cc1cccc([B-](F)(F)F)c1.[K+]. The summed E-state index contributed by atoms with van der Waals surface area (Å²) in [6.45, 7) is -4.99.